The Balaban J connectivity index is 1.69. The van der Waals surface area contributed by atoms with Crippen molar-refractivity contribution in [3.05, 3.63) is 66.0 Å². The molecule has 130 valence electrons. The first-order valence-electron chi connectivity index (χ1n) is 8.18. The minimum Gasteiger partial charge on any atom is -0.306 e. The minimum absolute atomic E-state index is 0.102. The lowest BCUT2D eigenvalue weighted by Gasteiger charge is -2.16. The van der Waals surface area contributed by atoms with E-state index in [-0.39, 0.29) is 10.6 Å². The van der Waals surface area contributed by atoms with Crippen LogP contribution in [0.25, 0.3) is 0 Å². The van der Waals surface area contributed by atoms with Gasteiger partial charge in [-0.15, -0.1) is 0 Å². The van der Waals surface area contributed by atoms with Gasteiger partial charge in [-0.3, -0.25) is 0 Å². The van der Waals surface area contributed by atoms with E-state index in [2.05, 4.69) is 24.1 Å². The summed E-state index contributed by atoms with van der Waals surface area (Å²) in [4.78, 5) is 2.42. The second kappa shape index (κ2) is 8.94. The lowest BCUT2D eigenvalue weighted by Crippen LogP contribution is -2.23. The molecule has 2 aromatic rings. The predicted molar refractivity (Wildman–Crippen MR) is 95.3 cm³/mol. The highest BCUT2D eigenvalue weighted by atomic mass is 32.2. The maximum atomic E-state index is 12.9. The summed E-state index contributed by atoms with van der Waals surface area (Å²) in [7, 11) is -1.26. The van der Waals surface area contributed by atoms with Crippen molar-refractivity contribution in [1.29, 1.82) is 0 Å². The van der Waals surface area contributed by atoms with E-state index >= 15 is 0 Å². The first kappa shape index (κ1) is 18.6. The van der Waals surface area contributed by atoms with Gasteiger partial charge in [0.2, 0.25) is 0 Å². The van der Waals surface area contributed by atoms with Crippen LogP contribution in [0.5, 0.6) is 0 Å². The van der Waals surface area contributed by atoms with Crippen molar-refractivity contribution in [3.8, 4) is 0 Å². The van der Waals surface area contributed by atoms with E-state index in [0.29, 0.717) is 6.42 Å². The molecule has 2 aromatic carbocycles. The van der Waals surface area contributed by atoms with Crippen LogP contribution in [0.3, 0.4) is 0 Å². The summed E-state index contributed by atoms with van der Waals surface area (Å²) in [6, 6.07) is 15.3. The molecule has 0 aromatic heterocycles. The molecule has 0 N–H and O–H groups in total. The highest BCUT2D eigenvalue weighted by Gasteiger charge is 2.14. The Hall–Kier alpha value is -1.72. The summed E-state index contributed by atoms with van der Waals surface area (Å²) in [5.74, 6) is -0.320. The topological polar surface area (TPSA) is 37.4 Å². The fraction of sp³-hybridized carbons (Fsp3) is 0.368. The monoisotopic (exact) mass is 349 g/mol. The second-order valence-electron chi connectivity index (χ2n) is 6.02. The average molecular weight is 349 g/mol. The number of hydrogen-bond donors (Lipinski definition) is 0. The Morgan fingerprint density at radius 1 is 0.917 bits per heavy atom. The molecular weight excluding hydrogens is 325 g/mol. The molecule has 0 bridgehead atoms. The van der Waals surface area contributed by atoms with Gasteiger partial charge in [0.25, 0.3) is 0 Å². The summed E-state index contributed by atoms with van der Waals surface area (Å²) in [6.07, 6.45) is 2.42. The van der Waals surface area contributed by atoms with Crippen molar-refractivity contribution < 1.29 is 12.8 Å². The van der Waals surface area contributed by atoms with Gasteiger partial charge in [-0.05, 0) is 62.7 Å². The number of halogens is 1. The number of unbranched alkanes of at least 4 members (excludes halogenated alkanes) is 1. The van der Waals surface area contributed by atoms with Gasteiger partial charge >= 0.3 is 0 Å². The maximum Gasteiger partial charge on any atom is 0.178 e. The molecule has 24 heavy (non-hydrogen) atoms. The number of likely N-dealkylation sites (N-methyl/N-ethyl adjacent to an activating group) is 1. The highest BCUT2D eigenvalue weighted by molar-refractivity contribution is 7.91. The molecule has 5 heteroatoms. The fourth-order valence-electron chi connectivity index (χ4n) is 2.51. The Morgan fingerprint density at radius 3 is 2.25 bits per heavy atom. The van der Waals surface area contributed by atoms with Crippen molar-refractivity contribution in [2.24, 2.45) is 0 Å². The third-order valence-electron chi connectivity index (χ3n) is 4.00. The Labute approximate surface area is 144 Å². The van der Waals surface area contributed by atoms with E-state index < -0.39 is 15.7 Å². The van der Waals surface area contributed by atoms with E-state index in [1.165, 1.54) is 29.8 Å². The summed E-state index contributed by atoms with van der Waals surface area (Å²) < 4.78 is 37.2. The molecule has 0 unspecified atom stereocenters. The van der Waals surface area contributed by atoms with Gasteiger partial charge in [0, 0.05) is 6.54 Å². The van der Waals surface area contributed by atoms with E-state index in [0.717, 1.165) is 25.9 Å². The van der Waals surface area contributed by atoms with Crippen LogP contribution >= 0.6 is 0 Å². The largest absolute Gasteiger partial charge is 0.306 e. The number of nitrogens with zero attached hydrogens (tertiary/aromatic N) is 1. The quantitative estimate of drug-likeness (QED) is 0.513. The molecule has 0 saturated carbocycles. The molecule has 0 heterocycles. The van der Waals surface area contributed by atoms with E-state index in [1.807, 2.05) is 18.2 Å². The molecule has 0 spiro atoms. The van der Waals surface area contributed by atoms with Crippen LogP contribution in [0.15, 0.2) is 59.5 Å². The van der Waals surface area contributed by atoms with Crippen molar-refractivity contribution >= 4 is 9.84 Å². The Kier molecular flexibility index (Phi) is 6.94. The van der Waals surface area contributed by atoms with Crippen LogP contribution in [0, 0.1) is 5.82 Å². The van der Waals surface area contributed by atoms with Crippen LogP contribution in [-0.2, 0) is 16.3 Å². The van der Waals surface area contributed by atoms with Crippen molar-refractivity contribution in [2.75, 3.05) is 25.9 Å². The van der Waals surface area contributed by atoms with Gasteiger partial charge in [0.1, 0.15) is 5.82 Å². The standard InChI is InChI=1S/C19H24FNO2S/c1-21(15-13-17-7-3-2-4-8-17)14-5-6-16-24(22,23)19-11-9-18(20)10-12-19/h2-4,7-12H,5-6,13-16H2,1H3. The second-order valence-corrected chi connectivity index (χ2v) is 8.13. The fourth-order valence-corrected chi connectivity index (χ4v) is 3.88. The van der Waals surface area contributed by atoms with Gasteiger partial charge in [-0.25, -0.2) is 12.8 Å². The van der Waals surface area contributed by atoms with Gasteiger partial charge in [-0.2, -0.15) is 0 Å². The van der Waals surface area contributed by atoms with Gasteiger partial charge in [0.05, 0.1) is 10.6 Å². The molecule has 0 radical (unpaired) electrons. The lowest BCUT2D eigenvalue weighted by atomic mass is 10.1. The number of rotatable bonds is 9. The zero-order valence-corrected chi connectivity index (χ0v) is 14.8. The number of benzene rings is 2. The molecule has 0 fully saturated rings. The molecule has 0 saturated heterocycles. The summed E-state index contributed by atoms with van der Waals surface area (Å²) in [5, 5.41) is 0. The van der Waals surface area contributed by atoms with Gasteiger partial charge < -0.3 is 4.90 Å². The van der Waals surface area contributed by atoms with Crippen LogP contribution in [-0.4, -0.2) is 39.2 Å². The highest BCUT2D eigenvalue weighted by Crippen LogP contribution is 2.13. The van der Waals surface area contributed by atoms with Gasteiger partial charge in [-0.1, -0.05) is 30.3 Å². The summed E-state index contributed by atoms with van der Waals surface area (Å²) in [5.41, 5.74) is 1.31. The van der Waals surface area contributed by atoms with Crippen LogP contribution < -0.4 is 0 Å². The number of hydrogen-bond acceptors (Lipinski definition) is 3. The molecule has 0 aliphatic rings. The molecular formula is C19H24FNO2S. The third-order valence-corrected chi connectivity index (χ3v) is 5.82. The van der Waals surface area contributed by atoms with E-state index in [4.69, 9.17) is 0 Å². The summed E-state index contributed by atoms with van der Waals surface area (Å²) >= 11 is 0. The number of sulfone groups is 1. The van der Waals surface area contributed by atoms with Crippen LogP contribution in [0.4, 0.5) is 4.39 Å². The normalized spacial score (nSPS) is 11.8. The molecule has 0 aliphatic carbocycles. The average Bonchev–Trinajstić information content (AvgIpc) is 2.58. The van der Waals surface area contributed by atoms with E-state index in [1.54, 1.807) is 0 Å². The zero-order valence-electron chi connectivity index (χ0n) is 14.0. The van der Waals surface area contributed by atoms with Crippen LogP contribution in [0.2, 0.25) is 0 Å². The zero-order chi connectivity index (χ0) is 17.4. The van der Waals surface area contributed by atoms with Crippen molar-refractivity contribution in [3.63, 3.8) is 0 Å². The minimum atomic E-state index is -3.32. The smallest absolute Gasteiger partial charge is 0.178 e. The Bertz CT molecular complexity index is 715. The van der Waals surface area contributed by atoms with Crippen molar-refractivity contribution in [2.45, 2.75) is 24.2 Å². The Morgan fingerprint density at radius 2 is 1.58 bits per heavy atom. The third kappa shape index (κ3) is 6.06. The van der Waals surface area contributed by atoms with Crippen molar-refractivity contribution in [1.82, 2.24) is 4.90 Å². The molecule has 2 rings (SSSR count). The SMILES string of the molecule is CN(CCCCS(=O)(=O)c1ccc(F)cc1)CCc1ccccc1. The van der Waals surface area contributed by atoms with E-state index in [9.17, 15) is 12.8 Å². The van der Waals surface area contributed by atoms with Gasteiger partial charge in [0.15, 0.2) is 9.84 Å². The first-order chi connectivity index (χ1) is 11.5. The maximum absolute atomic E-state index is 12.9. The molecule has 0 amide bonds. The molecule has 0 aliphatic heterocycles. The lowest BCUT2D eigenvalue weighted by molar-refractivity contribution is 0.332. The predicted octanol–water partition coefficient (Wildman–Crippen LogP) is 3.55. The summed E-state index contributed by atoms with van der Waals surface area (Å²) in [6.45, 7) is 1.82. The van der Waals surface area contributed by atoms with Crippen LogP contribution in [0.1, 0.15) is 18.4 Å². The first-order valence-corrected chi connectivity index (χ1v) is 9.83. The molecule has 0 atom stereocenters. The molecule has 3 nitrogen and oxygen atoms in total.